The number of rotatable bonds is 4. The average Bonchev–Trinajstić information content (AvgIpc) is 2.90. The fourth-order valence-electron chi connectivity index (χ4n) is 2.34. The molecule has 7 heteroatoms. The number of piperazine rings is 1. The topological polar surface area (TPSA) is 60.7 Å². The fraction of sp³-hybridized carbons (Fsp3) is 0.538. The van der Waals surface area contributed by atoms with Gasteiger partial charge in [-0.25, -0.2) is 15.0 Å². The van der Waals surface area contributed by atoms with Crippen LogP contribution in [0, 0.1) is 0 Å². The summed E-state index contributed by atoms with van der Waals surface area (Å²) in [5, 5.41) is 5.45. The van der Waals surface area contributed by atoms with Crippen molar-refractivity contribution in [2.45, 2.75) is 6.92 Å². The first kappa shape index (κ1) is 13.1. The molecule has 3 heterocycles. The van der Waals surface area contributed by atoms with Crippen LogP contribution in [0.2, 0.25) is 0 Å². The zero-order valence-electron chi connectivity index (χ0n) is 12.0. The first-order valence-electron chi connectivity index (χ1n) is 7.04. The lowest BCUT2D eigenvalue weighted by Gasteiger charge is -2.32. The molecule has 0 atom stereocenters. The van der Waals surface area contributed by atoms with Gasteiger partial charge in [-0.3, -0.25) is 5.43 Å². The minimum absolute atomic E-state index is 0.804. The molecule has 1 fully saturated rings. The second-order valence-electron chi connectivity index (χ2n) is 5.07. The third-order valence-corrected chi connectivity index (χ3v) is 3.50. The maximum absolute atomic E-state index is 4.62. The number of nitrogens with one attached hydrogen (secondary N) is 2. The quantitative estimate of drug-likeness (QED) is 0.858. The summed E-state index contributed by atoms with van der Waals surface area (Å²) in [5.41, 5.74) is 4.25. The number of hydrogen-bond acceptors (Lipinski definition) is 6. The molecular formula is C13H21N7. The van der Waals surface area contributed by atoms with E-state index in [4.69, 9.17) is 0 Å². The van der Waals surface area contributed by atoms with Crippen LogP contribution in [0.15, 0.2) is 18.6 Å². The number of hydrazine groups is 1. The van der Waals surface area contributed by atoms with Crippen LogP contribution < -0.4 is 10.7 Å². The van der Waals surface area contributed by atoms with Gasteiger partial charge in [-0.15, -0.1) is 0 Å². The van der Waals surface area contributed by atoms with Crippen molar-refractivity contribution in [3.8, 4) is 0 Å². The largest absolute Gasteiger partial charge is 0.369 e. The maximum atomic E-state index is 4.62. The molecule has 2 N–H and O–H groups in total. The average molecular weight is 275 g/mol. The molecule has 0 bridgehead atoms. The van der Waals surface area contributed by atoms with E-state index in [1.165, 1.54) is 0 Å². The van der Waals surface area contributed by atoms with Gasteiger partial charge >= 0.3 is 0 Å². The van der Waals surface area contributed by atoms with Crippen LogP contribution in [0.1, 0.15) is 6.92 Å². The molecule has 20 heavy (non-hydrogen) atoms. The van der Waals surface area contributed by atoms with Gasteiger partial charge in [0.1, 0.15) is 5.82 Å². The van der Waals surface area contributed by atoms with Crippen molar-refractivity contribution in [1.29, 1.82) is 0 Å². The Morgan fingerprint density at radius 2 is 2.05 bits per heavy atom. The molecule has 3 rings (SSSR count). The van der Waals surface area contributed by atoms with E-state index in [1.807, 2.05) is 16.8 Å². The van der Waals surface area contributed by atoms with Gasteiger partial charge in [0.25, 0.3) is 0 Å². The highest BCUT2D eigenvalue weighted by Gasteiger charge is 2.16. The molecule has 1 aliphatic rings. The number of imidazole rings is 1. The first-order chi connectivity index (χ1) is 9.76. The van der Waals surface area contributed by atoms with Crippen LogP contribution in [-0.2, 0) is 0 Å². The monoisotopic (exact) mass is 275 g/mol. The molecule has 2 aromatic rings. The molecule has 0 aromatic carbocycles. The fourth-order valence-corrected chi connectivity index (χ4v) is 2.34. The molecule has 0 amide bonds. The Hall–Kier alpha value is -1.86. The van der Waals surface area contributed by atoms with E-state index in [9.17, 15) is 0 Å². The lowest BCUT2D eigenvalue weighted by molar-refractivity contribution is 0.178. The van der Waals surface area contributed by atoms with Crippen molar-refractivity contribution >= 4 is 17.3 Å². The predicted octanol–water partition coefficient (Wildman–Crippen LogP) is 0.735. The minimum Gasteiger partial charge on any atom is -0.369 e. The van der Waals surface area contributed by atoms with Gasteiger partial charge in [-0.2, -0.15) is 0 Å². The summed E-state index contributed by atoms with van der Waals surface area (Å²) in [6.07, 6.45) is 5.69. The Morgan fingerprint density at radius 1 is 1.25 bits per heavy atom. The van der Waals surface area contributed by atoms with Crippen LogP contribution in [0.3, 0.4) is 0 Å². The highest BCUT2D eigenvalue weighted by atomic mass is 15.5. The highest BCUT2D eigenvalue weighted by Crippen LogP contribution is 2.17. The number of nitrogens with zero attached hydrogens (tertiary/aromatic N) is 5. The number of likely N-dealkylation sites (N-methyl/N-ethyl adjacent to an activating group) is 1. The van der Waals surface area contributed by atoms with Crippen LogP contribution >= 0.6 is 0 Å². The predicted molar refractivity (Wildman–Crippen MR) is 79.8 cm³/mol. The summed E-state index contributed by atoms with van der Waals surface area (Å²) in [6.45, 7) is 7.00. The molecule has 1 aliphatic heterocycles. The zero-order valence-corrected chi connectivity index (χ0v) is 12.0. The van der Waals surface area contributed by atoms with Gasteiger partial charge in [0.05, 0.1) is 6.20 Å². The summed E-state index contributed by atoms with van der Waals surface area (Å²) in [5.74, 6) is 1.66. The van der Waals surface area contributed by atoms with Crippen molar-refractivity contribution in [1.82, 2.24) is 24.3 Å². The second kappa shape index (κ2) is 5.64. The molecule has 0 aliphatic carbocycles. The van der Waals surface area contributed by atoms with E-state index >= 15 is 0 Å². The van der Waals surface area contributed by atoms with Gasteiger partial charge in [-0.05, 0) is 14.0 Å². The standard InChI is InChI=1S/C13H21N7/c1-3-14-11-10-19-5-4-15-13(19)12(16-11)17-20-8-6-18(2)7-9-20/h4-5,10,14H,3,6-9H2,1-2H3,(H,16,17). The number of hydrogen-bond donors (Lipinski definition) is 2. The van der Waals surface area contributed by atoms with Gasteiger partial charge in [0.2, 0.25) is 0 Å². The molecule has 1 saturated heterocycles. The zero-order chi connectivity index (χ0) is 13.9. The molecule has 108 valence electrons. The van der Waals surface area contributed by atoms with Crippen LogP contribution in [0.4, 0.5) is 11.6 Å². The summed E-state index contributed by atoms with van der Waals surface area (Å²) < 4.78 is 1.99. The van der Waals surface area contributed by atoms with E-state index in [-0.39, 0.29) is 0 Å². The minimum atomic E-state index is 0.804. The van der Waals surface area contributed by atoms with Crippen molar-refractivity contribution < 1.29 is 0 Å². The van der Waals surface area contributed by atoms with Crippen LogP contribution in [0.25, 0.3) is 5.65 Å². The van der Waals surface area contributed by atoms with Crippen molar-refractivity contribution in [3.63, 3.8) is 0 Å². The SMILES string of the molecule is CCNc1cn2ccnc2c(NN2CCN(C)CC2)n1. The maximum Gasteiger partial charge on any atom is 0.186 e. The number of aromatic nitrogens is 3. The molecule has 2 aromatic heterocycles. The lowest BCUT2D eigenvalue weighted by atomic mass is 10.4. The molecule has 0 radical (unpaired) electrons. The Labute approximate surface area is 118 Å². The third kappa shape index (κ3) is 2.68. The summed E-state index contributed by atoms with van der Waals surface area (Å²) >= 11 is 0. The van der Waals surface area contributed by atoms with Gasteiger partial charge in [0.15, 0.2) is 11.5 Å². The third-order valence-electron chi connectivity index (χ3n) is 3.50. The Balaban J connectivity index is 1.83. The number of fused-ring (bicyclic) bond motifs is 1. The van der Waals surface area contributed by atoms with E-state index in [2.05, 4.69) is 44.6 Å². The smallest absolute Gasteiger partial charge is 0.186 e. The van der Waals surface area contributed by atoms with Crippen molar-refractivity contribution in [2.75, 3.05) is 50.5 Å². The molecule has 0 unspecified atom stereocenters. The summed E-state index contributed by atoms with van der Waals surface area (Å²) in [7, 11) is 2.15. The highest BCUT2D eigenvalue weighted by molar-refractivity contribution is 5.64. The lowest BCUT2D eigenvalue weighted by Crippen LogP contribution is -2.47. The normalized spacial score (nSPS) is 17.5. The van der Waals surface area contributed by atoms with E-state index < -0.39 is 0 Å². The Bertz CT molecular complexity index is 571. The van der Waals surface area contributed by atoms with E-state index in [0.29, 0.717) is 0 Å². The second-order valence-corrected chi connectivity index (χ2v) is 5.07. The first-order valence-corrected chi connectivity index (χ1v) is 7.04. The van der Waals surface area contributed by atoms with E-state index in [0.717, 1.165) is 50.0 Å². The number of anilines is 2. The Morgan fingerprint density at radius 3 is 2.80 bits per heavy atom. The van der Waals surface area contributed by atoms with Crippen molar-refractivity contribution in [3.05, 3.63) is 18.6 Å². The van der Waals surface area contributed by atoms with E-state index in [1.54, 1.807) is 6.20 Å². The molecule has 0 spiro atoms. The molecule has 7 nitrogen and oxygen atoms in total. The van der Waals surface area contributed by atoms with Gasteiger partial charge in [0, 0.05) is 45.1 Å². The van der Waals surface area contributed by atoms with Crippen molar-refractivity contribution in [2.24, 2.45) is 0 Å². The summed E-state index contributed by atoms with van der Waals surface area (Å²) in [4.78, 5) is 11.3. The molecule has 0 saturated carbocycles. The van der Waals surface area contributed by atoms with Crippen LogP contribution in [-0.4, -0.2) is 64.0 Å². The van der Waals surface area contributed by atoms with Gasteiger partial charge < -0.3 is 14.6 Å². The van der Waals surface area contributed by atoms with Crippen LogP contribution in [0.5, 0.6) is 0 Å². The Kier molecular flexibility index (Phi) is 3.70. The van der Waals surface area contributed by atoms with Gasteiger partial charge in [-0.1, -0.05) is 0 Å². The summed E-state index contributed by atoms with van der Waals surface area (Å²) in [6, 6.07) is 0. The molecular weight excluding hydrogens is 254 g/mol.